The van der Waals surface area contributed by atoms with Crippen LogP contribution in [0.1, 0.15) is 25.3 Å². The molecule has 0 aromatic heterocycles. The van der Waals surface area contributed by atoms with Crippen molar-refractivity contribution in [2.24, 2.45) is 0 Å². The molecule has 24 heavy (non-hydrogen) atoms. The minimum atomic E-state index is -0.451. The Hall–Kier alpha value is -2.49. The number of hydrogen-bond donors (Lipinski definition) is 1. The van der Waals surface area contributed by atoms with Crippen molar-refractivity contribution < 1.29 is 14.3 Å². The fraction of sp³-hybridized carbons (Fsp3) is 0.350. The summed E-state index contributed by atoms with van der Waals surface area (Å²) in [7, 11) is 1.66. The summed E-state index contributed by atoms with van der Waals surface area (Å²) in [6, 6.07) is 17.4. The molecule has 0 saturated carbocycles. The summed E-state index contributed by atoms with van der Waals surface area (Å²) in [5, 5.41) is 2.96. The van der Waals surface area contributed by atoms with Crippen LogP contribution in [-0.4, -0.2) is 25.7 Å². The smallest absolute Gasteiger partial charge is 0.261 e. The molecule has 2 aromatic carbocycles. The van der Waals surface area contributed by atoms with Crippen molar-refractivity contribution in [1.82, 2.24) is 5.32 Å². The lowest BCUT2D eigenvalue weighted by Gasteiger charge is -2.17. The Morgan fingerprint density at radius 2 is 1.75 bits per heavy atom. The number of carbonyl (C=O) groups is 1. The molecule has 4 nitrogen and oxygen atoms in total. The topological polar surface area (TPSA) is 47.6 Å². The number of nitrogens with one attached hydrogen (secondary N) is 1. The van der Waals surface area contributed by atoms with Crippen LogP contribution in [0.5, 0.6) is 11.5 Å². The van der Waals surface area contributed by atoms with E-state index in [1.54, 1.807) is 7.11 Å². The van der Waals surface area contributed by atoms with Crippen LogP contribution >= 0.6 is 0 Å². The number of benzene rings is 2. The standard InChI is InChI=1S/C20H25NO3/c1-3-19(24-18-9-5-4-6-10-18)20(22)21-15-7-8-16-11-13-17(23-2)14-12-16/h4-6,9-14,19H,3,7-8,15H2,1-2H3,(H,21,22). The average molecular weight is 327 g/mol. The molecule has 128 valence electrons. The SMILES string of the molecule is CCC(Oc1ccccc1)C(=O)NCCCc1ccc(OC)cc1. The Bertz CT molecular complexity index is 611. The van der Waals surface area contributed by atoms with Gasteiger partial charge in [0.25, 0.3) is 5.91 Å². The Balaban J connectivity index is 1.72. The first kappa shape index (κ1) is 17.9. The lowest BCUT2D eigenvalue weighted by Crippen LogP contribution is -2.38. The Morgan fingerprint density at radius 1 is 1.04 bits per heavy atom. The fourth-order valence-electron chi connectivity index (χ4n) is 2.40. The monoisotopic (exact) mass is 327 g/mol. The lowest BCUT2D eigenvalue weighted by atomic mass is 10.1. The molecular weight excluding hydrogens is 302 g/mol. The third kappa shape index (κ3) is 5.61. The molecule has 0 spiro atoms. The second-order valence-corrected chi connectivity index (χ2v) is 5.57. The normalized spacial score (nSPS) is 11.6. The van der Waals surface area contributed by atoms with E-state index in [9.17, 15) is 4.79 Å². The summed E-state index contributed by atoms with van der Waals surface area (Å²) in [6.07, 6.45) is 1.99. The fourth-order valence-corrected chi connectivity index (χ4v) is 2.40. The predicted octanol–water partition coefficient (Wildman–Crippen LogP) is 3.60. The zero-order valence-electron chi connectivity index (χ0n) is 14.3. The Labute approximate surface area is 143 Å². The second kappa shape index (κ2) is 9.60. The van der Waals surface area contributed by atoms with Gasteiger partial charge in [-0.15, -0.1) is 0 Å². The van der Waals surface area contributed by atoms with E-state index >= 15 is 0 Å². The summed E-state index contributed by atoms with van der Waals surface area (Å²) >= 11 is 0. The lowest BCUT2D eigenvalue weighted by molar-refractivity contribution is -0.128. The third-order valence-corrected chi connectivity index (χ3v) is 3.79. The highest BCUT2D eigenvalue weighted by Crippen LogP contribution is 2.13. The molecule has 0 saturated heterocycles. The van der Waals surface area contributed by atoms with Gasteiger partial charge in [-0.05, 0) is 49.1 Å². The first-order valence-corrected chi connectivity index (χ1v) is 8.35. The molecule has 0 aliphatic carbocycles. The van der Waals surface area contributed by atoms with Crippen molar-refractivity contribution in [2.75, 3.05) is 13.7 Å². The summed E-state index contributed by atoms with van der Waals surface area (Å²) in [6.45, 7) is 2.59. The van der Waals surface area contributed by atoms with Crippen LogP contribution in [0.2, 0.25) is 0 Å². The van der Waals surface area contributed by atoms with Gasteiger partial charge in [-0.1, -0.05) is 37.3 Å². The van der Waals surface area contributed by atoms with Gasteiger partial charge >= 0.3 is 0 Å². The first-order valence-electron chi connectivity index (χ1n) is 8.35. The maximum absolute atomic E-state index is 12.2. The minimum Gasteiger partial charge on any atom is -0.497 e. The number of aryl methyl sites for hydroxylation is 1. The van der Waals surface area contributed by atoms with Crippen LogP contribution in [0.3, 0.4) is 0 Å². The largest absolute Gasteiger partial charge is 0.497 e. The molecule has 1 unspecified atom stereocenters. The molecule has 0 heterocycles. The van der Waals surface area contributed by atoms with E-state index in [1.165, 1.54) is 5.56 Å². The van der Waals surface area contributed by atoms with Gasteiger partial charge in [0.05, 0.1) is 7.11 Å². The molecule has 0 radical (unpaired) electrons. The maximum Gasteiger partial charge on any atom is 0.261 e. The highest BCUT2D eigenvalue weighted by Gasteiger charge is 2.17. The van der Waals surface area contributed by atoms with Gasteiger partial charge in [0.15, 0.2) is 6.10 Å². The van der Waals surface area contributed by atoms with Crippen LogP contribution in [0.4, 0.5) is 0 Å². The zero-order valence-corrected chi connectivity index (χ0v) is 14.3. The average Bonchev–Trinajstić information content (AvgIpc) is 2.64. The van der Waals surface area contributed by atoms with Gasteiger partial charge in [-0.3, -0.25) is 4.79 Å². The molecule has 2 rings (SSSR count). The van der Waals surface area contributed by atoms with Crippen molar-refractivity contribution in [2.45, 2.75) is 32.3 Å². The molecule has 1 atom stereocenters. The number of methoxy groups -OCH3 is 1. The van der Waals surface area contributed by atoms with Crippen molar-refractivity contribution in [3.8, 4) is 11.5 Å². The quantitative estimate of drug-likeness (QED) is 0.716. The van der Waals surface area contributed by atoms with Gasteiger partial charge < -0.3 is 14.8 Å². The molecular formula is C20H25NO3. The van der Waals surface area contributed by atoms with Crippen molar-refractivity contribution >= 4 is 5.91 Å². The third-order valence-electron chi connectivity index (χ3n) is 3.79. The van der Waals surface area contributed by atoms with E-state index in [4.69, 9.17) is 9.47 Å². The number of ether oxygens (including phenoxy) is 2. The van der Waals surface area contributed by atoms with E-state index in [-0.39, 0.29) is 5.91 Å². The summed E-state index contributed by atoms with van der Waals surface area (Å²) in [4.78, 5) is 12.2. The molecule has 1 N–H and O–H groups in total. The summed E-state index contributed by atoms with van der Waals surface area (Å²) in [5.41, 5.74) is 1.23. The van der Waals surface area contributed by atoms with Crippen LogP contribution in [0.25, 0.3) is 0 Å². The molecule has 0 aliphatic rings. The van der Waals surface area contributed by atoms with Crippen molar-refractivity contribution in [3.63, 3.8) is 0 Å². The van der Waals surface area contributed by atoms with Gasteiger partial charge in [-0.25, -0.2) is 0 Å². The van der Waals surface area contributed by atoms with Crippen molar-refractivity contribution in [1.29, 1.82) is 0 Å². The van der Waals surface area contributed by atoms with Crippen LogP contribution in [0, 0.1) is 0 Å². The molecule has 0 aliphatic heterocycles. The number of amides is 1. The van der Waals surface area contributed by atoms with Crippen molar-refractivity contribution in [3.05, 3.63) is 60.2 Å². The summed E-state index contributed by atoms with van der Waals surface area (Å²) < 4.78 is 10.9. The van der Waals surface area contributed by atoms with E-state index in [0.29, 0.717) is 13.0 Å². The number of para-hydroxylation sites is 1. The van der Waals surface area contributed by atoms with Gasteiger partial charge in [0.2, 0.25) is 0 Å². The second-order valence-electron chi connectivity index (χ2n) is 5.57. The molecule has 0 bridgehead atoms. The zero-order chi connectivity index (χ0) is 17.2. The molecule has 0 fully saturated rings. The number of rotatable bonds is 9. The first-order chi connectivity index (χ1) is 11.7. The maximum atomic E-state index is 12.2. The highest BCUT2D eigenvalue weighted by molar-refractivity contribution is 5.81. The van der Waals surface area contributed by atoms with E-state index in [1.807, 2.05) is 61.5 Å². The molecule has 4 heteroatoms. The van der Waals surface area contributed by atoms with E-state index in [0.717, 1.165) is 24.3 Å². The van der Waals surface area contributed by atoms with Gasteiger partial charge in [-0.2, -0.15) is 0 Å². The number of hydrogen-bond acceptors (Lipinski definition) is 3. The molecule has 1 amide bonds. The van der Waals surface area contributed by atoms with Crippen LogP contribution in [0.15, 0.2) is 54.6 Å². The summed E-state index contributed by atoms with van der Waals surface area (Å²) in [5.74, 6) is 1.52. The highest BCUT2D eigenvalue weighted by atomic mass is 16.5. The van der Waals surface area contributed by atoms with Crippen LogP contribution < -0.4 is 14.8 Å². The minimum absolute atomic E-state index is 0.0592. The van der Waals surface area contributed by atoms with Gasteiger partial charge in [0, 0.05) is 6.54 Å². The van der Waals surface area contributed by atoms with Crippen LogP contribution in [-0.2, 0) is 11.2 Å². The van der Waals surface area contributed by atoms with Gasteiger partial charge in [0.1, 0.15) is 11.5 Å². The number of carbonyl (C=O) groups excluding carboxylic acids is 1. The Kier molecular flexibility index (Phi) is 7.15. The Morgan fingerprint density at radius 3 is 2.38 bits per heavy atom. The molecule has 2 aromatic rings. The van der Waals surface area contributed by atoms with E-state index < -0.39 is 6.10 Å². The predicted molar refractivity (Wildman–Crippen MR) is 95.5 cm³/mol. The van der Waals surface area contributed by atoms with E-state index in [2.05, 4.69) is 5.32 Å².